The first kappa shape index (κ1) is 20.6. The Labute approximate surface area is 171 Å². The molecular formula is C24H29FNOS+. The van der Waals surface area contributed by atoms with Gasteiger partial charge in [-0.3, -0.25) is 0 Å². The Morgan fingerprint density at radius 1 is 0.929 bits per heavy atom. The van der Waals surface area contributed by atoms with E-state index in [9.17, 15) is 4.39 Å². The van der Waals surface area contributed by atoms with Gasteiger partial charge in [0.1, 0.15) is 17.6 Å². The zero-order chi connectivity index (χ0) is 19.9. The van der Waals surface area contributed by atoms with E-state index < -0.39 is 0 Å². The predicted molar refractivity (Wildman–Crippen MR) is 115 cm³/mol. The van der Waals surface area contributed by atoms with Gasteiger partial charge in [0.05, 0.1) is 17.5 Å². The van der Waals surface area contributed by atoms with Gasteiger partial charge in [-0.2, -0.15) is 0 Å². The van der Waals surface area contributed by atoms with Crippen molar-refractivity contribution in [3.63, 3.8) is 0 Å². The van der Waals surface area contributed by atoms with E-state index in [2.05, 4.69) is 41.9 Å². The Bertz CT molecular complexity index is 828. The number of hydrogen-bond acceptors (Lipinski definition) is 2. The van der Waals surface area contributed by atoms with Gasteiger partial charge in [-0.1, -0.05) is 30.3 Å². The smallest absolute Gasteiger partial charge is 0.123 e. The van der Waals surface area contributed by atoms with E-state index in [-0.39, 0.29) is 17.8 Å². The largest absolute Gasteiger partial charge is 0.491 e. The number of nitrogens with two attached hydrogens (primary N) is 1. The number of benzene rings is 2. The second-order valence-corrected chi connectivity index (χ2v) is 8.44. The van der Waals surface area contributed by atoms with Gasteiger partial charge in [0.2, 0.25) is 0 Å². The van der Waals surface area contributed by atoms with Crippen molar-refractivity contribution in [3.05, 3.63) is 87.9 Å². The Balaban J connectivity index is 1.72. The molecule has 0 aliphatic rings. The van der Waals surface area contributed by atoms with Crippen LogP contribution in [0.4, 0.5) is 4.39 Å². The number of rotatable bonds is 9. The van der Waals surface area contributed by atoms with Gasteiger partial charge >= 0.3 is 0 Å². The van der Waals surface area contributed by atoms with Crippen molar-refractivity contribution in [2.75, 3.05) is 6.54 Å². The molecule has 4 heteroatoms. The lowest BCUT2D eigenvalue weighted by atomic mass is 9.88. The van der Waals surface area contributed by atoms with Crippen molar-refractivity contribution in [3.8, 4) is 5.75 Å². The van der Waals surface area contributed by atoms with Crippen LogP contribution in [0.5, 0.6) is 5.75 Å². The summed E-state index contributed by atoms with van der Waals surface area (Å²) in [5, 5.41) is 4.51. The highest BCUT2D eigenvalue weighted by atomic mass is 32.1. The molecule has 0 radical (unpaired) electrons. The molecule has 2 atom stereocenters. The minimum atomic E-state index is -0.193. The Morgan fingerprint density at radius 2 is 1.57 bits per heavy atom. The fourth-order valence-electron chi connectivity index (χ4n) is 3.45. The Morgan fingerprint density at radius 3 is 2.14 bits per heavy atom. The molecule has 3 rings (SSSR count). The number of hydrogen-bond donors (Lipinski definition) is 1. The van der Waals surface area contributed by atoms with Crippen molar-refractivity contribution >= 4 is 11.3 Å². The second-order valence-electron chi connectivity index (χ2n) is 7.46. The summed E-state index contributed by atoms with van der Waals surface area (Å²) in [4.78, 5) is 1.40. The summed E-state index contributed by atoms with van der Waals surface area (Å²) in [6.45, 7) is 7.31. The summed E-state index contributed by atoms with van der Waals surface area (Å²) in [6.07, 6.45) is 1.15. The SMILES string of the molecule is CC(C)Oc1ccc([C@H](CC[NH2+][C@@H](C)c2cccs2)c2ccc(F)cc2)cc1. The summed E-state index contributed by atoms with van der Waals surface area (Å²) in [7, 11) is 0. The summed E-state index contributed by atoms with van der Waals surface area (Å²) in [6, 6.07) is 20.0. The van der Waals surface area contributed by atoms with Crippen molar-refractivity contribution in [1.29, 1.82) is 0 Å². The lowest BCUT2D eigenvalue weighted by Crippen LogP contribution is -2.84. The molecule has 2 nitrogen and oxygen atoms in total. The lowest BCUT2D eigenvalue weighted by Gasteiger charge is -2.19. The van der Waals surface area contributed by atoms with Gasteiger partial charge in [0.25, 0.3) is 0 Å². The highest BCUT2D eigenvalue weighted by Gasteiger charge is 2.17. The van der Waals surface area contributed by atoms with Gasteiger partial charge in [0.15, 0.2) is 0 Å². The van der Waals surface area contributed by atoms with Crippen LogP contribution in [-0.2, 0) is 0 Å². The molecule has 3 aromatic rings. The van der Waals surface area contributed by atoms with Crippen molar-refractivity contribution in [2.24, 2.45) is 0 Å². The second kappa shape index (κ2) is 9.85. The lowest BCUT2D eigenvalue weighted by molar-refractivity contribution is -0.692. The number of thiophene rings is 1. The Hall–Kier alpha value is -2.17. The number of ether oxygens (including phenoxy) is 1. The molecule has 0 bridgehead atoms. The quantitative estimate of drug-likeness (QED) is 0.504. The average molecular weight is 399 g/mol. The first-order chi connectivity index (χ1) is 13.5. The van der Waals surface area contributed by atoms with Crippen molar-refractivity contribution < 1.29 is 14.4 Å². The van der Waals surface area contributed by atoms with Gasteiger partial charge in [-0.05, 0) is 67.6 Å². The highest BCUT2D eigenvalue weighted by Crippen LogP contribution is 2.29. The maximum atomic E-state index is 13.4. The maximum Gasteiger partial charge on any atom is 0.123 e. The molecule has 0 saturated heterocycles. The molecule has 0 unspecified atom stereocenters. The standard InChI is InChI=1S/C24H28FNOS/c1-17(2)27-22-12-8-20(9-13-22)23(19-6-10-21(25)11-7-19)14-15-26-18(3)24-5-4-16-28-24/h4-13,16-18,23,26H,14-15H2,1-3H3/p+1/t18-,23+/m0/s1. The molecule has 2 N–H and O–H groups in total. The maximum absolute atomic E-state index is 13.4. The summed E-state index contributed by atoms with van der Waals surface area (Å²) < 4.78 is 19.2. The molecule has 0 aliphatic carbocycles. The number of halogens is 1. The molecule has 28 heavy (non-hydrogen) atoms. The summed E-state index contributed by atoms with van der Waals surface area (Å²) in [5.41, 5.74) is 2.39. The Kier molecular flexibility index (Phi) is 7.24. The van der Waals surface area contributed by atoms with Crippen molar-refractivity contribution in [2.45, 2.75) is 45.3 Å². The third-order valence-electron chi connectivity index (χ3n) is 4.89. The van der Waals surface area contributed by atoms with E-state index in [1.165, 1.54) is 10.4 Å². The van der Waals surface area contributed by atoms with E-state index in [1.807, 2.05) is 38.1 Å². The molecule has 148 valence electrons. The highest BCUT2D eigenvalue weighted by molar-refractivity contribution is 7.10. The fourth-order valence-corrected chi connectivity index (χ4v) is 4.23. The zero-order valence-electron chi connectivity index (χ0n) is 16.8. The van der Waals surface area contributed by atoms with Crippen LogP contribution in [0.1, 0.15) is 55.2 Å². The molecule has 0 amide bonds. The monoisotopic (exact) mass is 398 g/mol. The first-order valence-corrected chi connectivity index (χ1v) is 10.8. The molecular weight excluding hydrogens is 369 g/mol. The van der Waals surface area contributed by atoms with E-state index in [0.29, 0.717) is 6.04 Å². The van der Waals surface area contributed by atoms with E-state index >= 15 is 0 Å². The molecule has 1 aromatic heterocycles. The molecule has 0 saturated carbocycles. The molecule has 0 fully saturated rings. The van der Waals surface area contributed by atoms with E-state index in [1.54, 1.807) is 23.5 Å². The normalized spacial score (nSPS) is 13.5. The topological polar surface area (TPSA) is 25.8 Å². The van der Waals surface area contributed by atoms with Crippen LogP contribution in [0.3, 0.4) is 0 Å². The molecule has 1 heterocycles. The predicted octanol–water partition coefficient (Wildman–Crippen LogP) is 5.52. The third-order valence-corrected chi connectivity index (χ3v) is 5.97. The molecule has 0 aliphatic heterocycles. The average Bonchev–Trinajstić information content (AvgIpc) is 3.21. The molecule has 0 spiro atoms. The third kappa shape index (κ3) is 5.66. The summed E-state index contributed by atoms with van der Waals surface area (Å²) >= 11 is 1.80. The fraction of sp³-hybridized carbons (Fsp3) is 0.333. The van der Waals surface area contributed by atoms with Crippen LogP contribution in [0.15, 0.2) is 66.0 Å². The van der Waals surface area contributed by atoms with Crippen LogP contribution in [0.2, 0.25) is 0 Å². The van der Waals surface area contributed by atoms with E-state index in [4.69, 9.17) is 4.74 Å². The van der Waals surface area contributed by atoms with Crippen LogP contribution in [-0.4, -0.2) is 12.6 Å². The van der Waals surface area contributed by atoms with Gasteiger partial charge < -0.3 is 10.1 Å². The van der Waals surface area contributed by atoms with Crippen LogP contribution in [0, 0.1) is 5.82 Å². The first-order valence-electron chi connectivity index (χ1n) is 9.91. The van der Waals surface area contributed by atoms with Crippen LogP contribution < -0.4 is 10.1 Å². The van der Waals surface area contributed by atoms with Crippen LogP contribution >= 0.6 is 11.3 Å². The zero-order valence-corrected chi connectivity index (χ0v) is 17.6. The number of quaternary nitrogens is 1. The summed E-state index contributed by atoms with van der Waals surface area (Å²) in [5.74, 6) is 0.927. The van der Waals surface area contributed by atoms with Gasteiger partial charge in [-0.25, -0.2) is 4.39 Å². The molecule has 2 aromatic carbocycles. The minimum absolute atomic E-state index is 0.159. The van der Waals surface area contributed by atoms with Crippen LogP contribution in [0.25, 0.3) is 0 Å². The van der Waals surface area contributed by atoms with E-state index in [0.717, 1.165) is 24.3 Å². The van der Waals surface area contributed by atoms with Gasteiger partial charge in [-0.15, -0.1) is 11.3 Å². The van der Waals surface area contributed by atoms with Crippen molar-refractivity contribution in [1.82, 2.24) is 0 Å². The van der Waals surface area contributed by atoms with Gasteiger partial charge in [0, 0.05) is 12.3 Å². The minimum Gasteiger partial charge on any atom is -0.491 e.